The fraction of sp³-hybridized carbons (Fsp3) is 0.267. The van der Waals surface area contributed by atoms with Gasteiger partial charge in [0, 0.05) is 35.6 Å². The molecule has 19 heavy (non-hydrogen) atoms. The first-order valence-electron chi connectivity index (χ1n) is 6.34. The third-order valence-electron chi connectivity index (χ3n) is 3.77. The molecule has 3 nitrogen and oxygen atoms in total. The number of nitrogens with two attached hydrogens (primary N) is 1. The van der Waals surface area contributed by atoms with Crippen LogP contribution < -0.4 is 10.6 Å². The minimum atomic E-state index is 0.414. The number of guanidine groups is 1. The number of nitrogens with zero attached hydrogens (tertiary/aromatic N) is 2. The zero-order chi connectivity index (χ0) is 13.6. The number of fused-ring (bicyclic) bond motifs is 3. The van der Waals surface area contributed by atoms with Gasteiger partial charge in [-0.3, -0.25) is 4.99 Å². The Hall–Kier alpha value is -1.74. The molecular weight excluding hydrogens is 258 g/mol. The summed E-state index contributed by atoms with van der Waals surface area (Å²) in [6, 6.07) is 10.2. The minimum Gasteiger partial charge on any atom is -0.370 e. The Bertz CT molecular complexity index is 678. The maximum Gasteiger partial charge on any atom is 0.195 e. The number of aliphatic imine (C=N–C) groups is 1. The molecule has 0 aromatic heterocycles. The first-order chi connectivity index (χ1) is 9.13. The second-order valence-corrected chi connectivity index (χ2v) is 5.33. The van der Waals surface area contributed by atoms with Crippen molar-refractivity contribution in [3.8, 4) is 0 Å². The van der Waals surface area contributed by atoms with E-state index in [-0.39, 0.29) is 0 Å². The molecule has 3 rings (SSSR count). The Labute approximate surface area is 117 Å². The third kappa shape index (κ3) is 1.77. The van der Waals surface area contributed by atoms with Crippen molar-refractivity contribution in [1.82, 2.24) is 0 Å². The van der Waals surface area contributed by atoms with Gasteiger partial charge in [0.25, 0.3) is 0 Å². The van der Waals surface area contributed by atoms with Crippen molar-refractivity contribution >= 4 is 34.0 Å². The fourth-order valence-corrected chi connectivity index (χ4v) is 3.12. The summed E-state index contributed by atoms with van der Waals surface area (Å²) in [5.41, 5.74) is 8.43. The normalized spacial score (nSPS) is 19.0. The highest BCUT2D eigenvalue weighted by Gasteiger charge is 2.29. The summed E-state index contributed by atoms with van der Waals surface area (Å²) in [6.07, 6.45) is 0. The largest absolute Gasteiger partial charge is 0.370 e. The number of hydrogen-bond donors (Lipinski definition) is 1. The van der Waals surface area contributed by atoms with Crippen LogP contribution in [-0.4, -0.2) is 19.6 Å². The van der Waals surface area contributed by atoms with E-state index in [2.05, 4.69) is 35.0 Å². The molecule has 1 atom stereocenters. The molecule has 1 aliphatic heterocycles. The van der Waals surface area contributed by atoms with Crippen LogP contribution in [0.3, 0.4) is 0 Å². The predicted octanol–water partition coefficient (Wildman–Crippen LogP) is 3.36. The Kier molecular flexibility index (Phi) is 2.86. The Balaban J connectivity index is 2.29. The van der Waals surface area contributed by atoms with E-state index < -0.39 is 0 Å². The van der Waals surface area contributed by atoms with Gasteiger partial charge in [-0.1, -0.05) is 36.7 Å². The van der Waals surface area contributed by atoms with E-state index in [1.54, 1.807) is 7.05 Å². The van der Waals surface area contributed by atoms with Crippen molar-refractivity contribution in [3.05, 3.63) is 40.9 Å². The van der Waals surface area contributed by atoms with Gasteiger partial charge in [0.15, 0.2) is 5.96 Å². The van der Waals surface area contributed by atoms with E-state index in [0.29, 0.717) is 11.9 Å². The number of hydrogen-bond acceptors (Lipinski definition) is 1. The van der Waals surface area contributed by atoms with Crippen LogP contribution >= 0.6 is 11.6 Å². The number of benzene rings is 2. The molecule has 1 aliphatic rings. The average Bonchev–Trinajstić information content (AvgIpc) is 2.76. The summed E-state index contributed by atoms with van der Waals surface area (Å²) >= 11 is 6.27. The van der Waals surface area contributed by atoms with Crippen molar-refractivity contribution in [3.63, 3.8) is 0 Å². The van der Waals surface area contributed by atoms with Crippen LogP contribution in [-0.2, 0) is 0 Å². The van der Waals surface area contributed by atoms with E-state index in [4.69, 9.17) is 17.3 Å². The smallest absolute Gasteiger partial charge is 0.195 e. The van der Waals surface area contributed by atoms with Gasteiger partial charge >= 0.3 is 0 Å². The summed E-state index contributed by atoms with van der Waals surface area (Å²) in [7, 11) is 1.72. The van der Waals surface area contributed by atoms with Crippen LogP contribution in [0.2, 0.25) is 5.02 Å². The lowest BCUT2D eigenvalue weighted by Crippen LogP contribution is -2.36. The van der Waals surface area contributed by atoms with Gasteiger partial charge in [0.1, 0.15) is 0 Å². The second-order valence-electron chi connectivity index (χ2n) is 4.93. The molecule has 0 saturated heterocycles. The van der Waals surface area contributed by atoms with E-state index in [9.17, 15) is 0 Å². The van der Waals surface area contributed by atoms with Crippen molar-refractivity contribution in [2.45, 2.75) is 12.8 Å². The Morgan fingerprint density at radius 1 is 1.32 bits per heavy atom. The number of halogens is 1. The number of rotatable bonds is 0. The van der Waals surface area contributed by atoms with Crippen LogP contribution in [0.5, 0.6) is 0 Å². The molecule has 98 valence electrons. The van der Waals surface area contributed by atoms with Gasteiger partial charge in [-0.05, 0) is 23.1 Å². The number of anilines is 1. The predicted molar refractivity (Wildman–Crippen MR) is 82.3 cm³/mol. The average molecular weight is 274 g/mol. The zero-order valence-electron chi connectivity index (χ0n) is 11.0. The molecule has 2 aromatic rings. The molecule has 0 radical (unpaired) electrons. The lowest BCUT2D eigenvalue weighted by atomic mass is 9.96. The highest BCUT2D eigenvalue weighted by Crippen LogP contribution is 2.42. The Morgan fingerprint density at radius 3 is 2.84 bits per heavy atom. The molecule has 0 amide bonds. The van der Waals surface area contributed by atoms with Gasteiger partial charge < -0.3 is 10.6 Å². The van der Waals surface area contributed by atoms with Gasteiger partial charge in [0.05, 0.1) is 0 Å². The summed E-state index contributed by atoms with van der Waals surface area (Å²) < 4.78 is 0. The molecule has 0 fully saturated rings. The molecule has 0 spiro atoms. The molecule has 1 heterocycles. The fourth-order valence-electron chi connectivity index (χ4n) is 2.89. The van der Waals surface area contributed by atoms with Crippen LogP contribution in [0.15, 0.2) is 35.3 Å². The molecule has 2 N–H and O–H groups in total. The van der Waals surface area contributed by atoms with Crippen molar-refractivity contribution in [2.24, 2.45) is 10.7 Å². The topological polar surface area (TPSA) is 41.6 Å². The highest BCUT2D eigenvalue weighted by molar-refractivity contribution is 6.35. The summed E-state index contributed by atoms with van der Waals surface area (Å²) in [4.78, 5) is 6.17. The second kappa shape index (κ2) is 4.42. The molecule has 0 aliphatic carbocycles. The first kappa shape index (κ1) is 12.3. The van der Waals surface area contributed by atoms with Crippen molar-refractivity contribution < 1.29 is 0 Å². The van der Waals surface area contributed by atoms with Crippen molar-refractivity contribution in [2.75, 3.05) is 18.5 Å². The highest BCUT2D eigenvalue weighted by atomic mass is 35.5. The van der Waals surface area contributed by atoms with Gasteiger partial charge in [-0.25, -0.2) is 0 Å². The molecule has 2 aromatic carbocycles. The molecule has 0 bridgehead atoms. The van der Waals surface area contributed by atoms with E-state index in [1.165, 1.54) is 10.9 Å². The molecular formula is C15H16ClN3. The maximum absolute atomic E-state index is 6.27. The third-order valence-corrected chi connectivity index (χ3v) is 4.10. The van der Waals surface area contributed by atoms with E-state index in [1.807, 2.05) is 12.1 Å². The maximum atomic E-state index is 6.27. The van der Waals surface area contributed by atoms with Crippen LogP contribution in [0.1, 0.15) is 18.4 Å². The lowest BCUT2D eigenvalue weighted by Gasteiger charge is -2.18. The van der Waals surface area contributed by atoms with E-state index in [0.717, 1.165) is 22.6 Å². The summed E-state index contributed by atoms with van der Waals surface area (Å²) in [5.74, 6) is 0.976. The van der Waals surface area contributed by atoms with Crippen LogP contribution in [0.25, 0.3) is 10.8 Å². The molecule has 1 unspecified atom stereocenters. The SMILES string of the molecule is CN=C(N)N1CC(C)c2c1ccc1c(Cl)cccc21. The monoisotopic (exact) mass is 273 g/mol. The molecule has 4 heteroatoms. The zero-order valence-corrected chi connectivity index (χ0v) is 11.8. The van der Waals surface area contributed by atoms with Crippen molar-refractivity contribution in [1.29, 1.82) is 0 Å². The van der Waals surface area contributed by atoms with Gasteiger partial charge in [-0.2, -0.15) is 0 Å². The van der Waals surface area contributed by atoms with Crippen LogP contribution in [0, 0.1) is 0 Å². The van der Waals surface area contributed by atoms with Gasteiger partial charge in [0.2, 0.25) is 0 Å². The molecule has 0 saturated carbocycles. The quantitative estimate of drug-likeness (QED) is 0.591. The Morgan fingerprint density at radius 2 is 2.11 bits per heavy atom. The van der Waals surface area contributed by atoms with Crippen LogP contribution in [0.4, 0.5) is 5.69 Å². The first-order valence-corrected chi connectivity index (χ1v) is 6.72. The van der Waals surface area contributed by atoms with Gasteiger partial charge in [-0.15, -0.1) is 0 Å². The standard InChI is InChI=1S/C15H16ClN3/c1-9-8-19(15(17)18-2)13-7-6-10-11(14(9)13)4-3-5-12(10)16/h3-7,9H,8H2,1-2H3,(H2,17,18). The minimum absolute atomic E-state index is 0.414. The summed E-state index contributed by atoms with van der Waals surface area (Å²) in [6.45, 7) is 3.08. The summed E-state index contributed by atoms with van der Waals surface area (Å²) in [5, 5.41) is 3.11. The lowest BCUT2D eigenvalue weighted by molar-refractivity contribution is 0.823. The van der Waals surface area contributed by atoms with E-state index >= 15 is 0 Å².